The highest BCUT2D eigenvalue weighted by atomic mass is 35.5. The third kappa shape index (κ3) is 3.05. The van der Waals surface area contributed by atoms with E-state index in [-0.39, 0.29) is 0 Å². The summed E-state index contributed by atoms with van der Waals surface area (Å²) in [5, 5.41) is 0.721. The van der Waals surface area contributed by atoms with E-state index < -0.39 is 0 Å². The number of Topliss-reactive ketones (excluding diaryl/α,β-unsaturated/α-hetero) is 1. The molecular weight excluding hydrogens is 222 g/mol. The van der Waals surface area contributed by atoms with Gasteiger partial charge in [-0.05, 0) is 36.8 Å². The second-order valence-corrected chi connectivity index (χ2v) is 4.93. The Morgan fingerprint density at radius 1 is 1.44 bits per heavy atom. The Kier molecular flexibility index (Phi) is 3.94. The van der Waals surface area contributed by atoms with Crippen LogP contribution in [0.25, 0.3) is 0 Å². The summed E-state index contributed by atoms with van der Waals surface area (Å²) in [6, 6.07) is 1.96. The van der Waals surface area contributed by atoms with Gasteiger partial charge < -0.3 is 0 Å². The lowest BCUT2D eigenvalue weighted by molar-refractivity contribution is -0.119. The summed E-state index contributed by atoms with van der Waals surface area (Å²) in [5.41, 5.74) is 1.12. The summed E-state index contributed by atoms with van der Waals surface area (Å²) < 4.78 is 0. The number of nitrogens with zero attached hydrogens (tertiary/aromatic N) is 1. The zero-order valence-corrected chi connectivity index (χ0v) is 10.0. The lowest BCUT2D eigenvalue weighted by Crippen LogP contribution is -2.08. The first-order chi connectivity index (χ1) is 7.75. The summed E-state index contributed by atoms with van der Waals surface area (Å²) in [4.78, 5) is 15.5. The molecule has 1 aliphatic rings. The quantitative estimate of drug-likeness (QED) is 0.738. The highest BCUT2D eigenvalue weighted by Crippen LogP contribution is 2.26. The number of carbonyl (C=O) groups excluding carboxylic acids is 1. The average Bonchev–Trinajstić information content (AvgIpc) is 2.46. The van der Waals surface area contributed by atoms with Crippen LogP contribution in [0.15, 0.2) is 18.5 Å². The summed E-state index contributed by atoms with van der Waals surface area (Å²) in [6.07, 6.45) is 9.20. The van der Waals surface area contributed by atoms with Gasteiger partial charge in [0.1, 0.15) is 5.78 Å². The van der Waals surface area contributed by atoms with E-state index in [2.05, 4.69) is 4.98 Å². The van der Waals surface area contributed by atoms with Crippen LogP contribution in [0.4, 0.5) is 0 Å². The maximum absolute atomic E-state index is 11.5. The van der Waals surface area contributed by atoms with Crippen LogP contribution in [0, 0.1) is 5.92 Å². The minimum absolute atomic E-state index is 0.410. The Morgan fingerprint density at radius 2 is 2.31 bits per heavy atom. The fraction of sp³-hybridized carbons (Fsp3) is 0.538. The van der Waals surface area contributed by atoms with Gasteiger partial charge in [0.05, 0.1) is 5.02 Å². The van der Waals surface area contributed by atoms with Crippen LogP contribution in [0.5, 0.6) is 0 Å². The molecule has 0 aliphatic heterocycles. The van der Waals surface area contributed by atoms with Crippen molar-refractivity contribution in [3.8, 4) is 0 Å². The van der Waals surface area contributed by atoms with E-state index in [1.165, 1.54) is 6.42 Å². The highest BCUT2D eigenvalue weighted by Gasteiger charge is 2.18. The van der Waals surface area contributed by atoms with Crippen molar-refractivity contribution in [1.82, 2.24) is 4.98 Å². The Bertz CT molecular complexity index is 378. The first-order valence-electron chi connectivity index (χ1n) is 5.86. The summed E-state index contributed by atoms with van der Waals surface area (Å²) in [7, 11) is 0. The van der Waals surface area contributed by atoms with Crippen molar-refractivity contribution in [3.05, 3.63) is 29.0 Å². The Hall–Kier alpha value is -0.890. The molecule has 1 aliphatic carbocycles. The largest absolute Gasteiger partial charge is 0.300 e. The summed E-state index contributed by atoms with van der Waals surface area (Å²) in [5.74, 6) is 0.877. The highest BCUT2D eigenvalue weighted by molar-refractivity contribution is 6.31. The second-order valence-electron chi connectivity index (χ2n) is 4.53. The lowest BCUT2D eigenvalue weighted by atomic mass is 9.92. The Labute approximate surface area is 101 Å². The molecule has 1 aromatic heterocycles. The fourth-order valence-electron chi connectivity index (χ4n) is 2.34. The van der Waals surface area contributed by atoms with Crippen LogP contribution in [-0.2, 0) is 11.2 Å². The predicted molar refractivity (Wildman–Crippen MR) is 64.5 cm³/mol. The number of pyridine rings is 1. The zero-order valence-electron chi connectivity index (χ0n) is 9.29. The molecule has 3 heteroatoms. The topological polar surface area (TPSA) is 30.0 Å². The molecule has 1 fully saturated rings. The molecule has 0 radical (unpaired) electrons. The maximum atomic E-state index is 11.5. The van der Waals surface area contributed by atoms with Gasteiger partial charge in [0.15, 0.2) is 0 Å². The van der Waals surface area contributed by atoms with Crippen LogP contribution < -0.4 is 0 Å². The van der Waals surface area contributed by atoms with Gasteiger partial charge in [0, 0.05) is 25.2 Å². The molecule has 1 aromatic rings. The molecule has 0 bridgehead atoms. The van der Waals surface area contributed by atoms with Gasteiger partial charge >= 0.3 is 0 Å². The normalized spacial score (nSPS) is 21.8. The van der Waals surface area contributed by atoms with E-state index in [0.29, 0.717) is 11.7 Å². The molecule has 0 saturated heterocycles. The van der Waals surface area contributed by atoms with Crippen LogP contribution in [0.2, 0.25) is 5.02 Å². The minimum Gasteiger partial charge on any atom is -0.300 e. The SMILES string of the molecule is O=C1CCCCC(Cc2ccncc2Cl)C1. The van der Waals surface area contributed by atoms with E-state index in [1.807, 2.05) is 6.07 Å². The van der Waals surface area contributed by atoms with Crippen molar-refractivity contribution in [2.45, 2.75) is 38.5 Å². The first kappa shape index (κ1) is 11.6. The molecule has 2 nitrogen and oxygen atoms in total. The molecule has 1 atom stereocenters. The standard InChI is InChI=1S/C13H16ClNO/c14-13-9-15-6-5-11(13)7-10-3-1-2-4-12(16)8-10/h5-6,9-10H,1-4,7-8H2. The molecule has 16 heavy (non-hydrogen) atoms. The van der Waals surface area contributed by atoms with Crippen LogP contribution in [-0.4, -0.2) is 10.8 Å². The van der Waals surface area contributed by atoms with Gasteiger partial charge in [0.2, 0.25) is 0 Å². The molecule has 2 rings (SSSR count). The third-order valence-electron chi connectivity index (χ3n) is 3.20. The molecule has 1 heterocycles. The van der Waals surface area contributed by atoms with Crippen molar-refractivity contribution >= 4 is 17.4 Å². The van der Waals surface area contributed by atoms with Crippen molar-refractivity contribution in [3.63, 3.8) is 0 Å². The smallest absolute Gasteiger partial charge is 0.133 e. The van der Waals surface area contributed by atoms with Crippen molar-refractivity contribution < 1.29 is 4.79 Å². The van der Waals surface area contributed by atoms with Crippen molar-refractivity contribution in [1.29, 1.82) is 0 Å². The minimum atomic E-state index is 0.410. The first-order valence-corrected chi connectivity index (χ1v) is 6.23. The molecule has 1 unspecified atom stereocenters. The van der Waals surface area contributed by atoms with Crippen LogP contribution in [0.3, 0.4) is 0 Å². The van der Waals surface area contributed by atoms with Gasteiger partial charge in [-0.2, -0.15) is 0 Å². The zero-order chi connectivity index (χ0) is 11.4. The third-order valence-corrected chi connectivity index (χ3v) is 3.54. The van der Waals surface area contributed by atoms with E-state index in [1.54, 1.807) is 12.4 Å². The van der Waals surface area contributed by atoms with Crippen LogP contribution >= 0.6 is 11.6 Å². The second kappa shape index (κ2) is 5.44. The summed E-state index contributed by atoms with van der Waals surface area (Å²) >= 11 is 6.07. The number of hydrogen-bond acceptors (Lipinski definition) is 2. The molecule has 0 spiro atoms. The number of ketones is 1. The van der Waals surface area contributed by atoms with Gasteiger partial charge in [-0.1, -0.05) is 18.0 Å². The van der Waals surface area contributed by atoms with E-state index in [0.717, 1.165) is 42.7 Å². The number of carbonyl (C=O) groups is 1. The summed E-state index contributed by atoms with van der Waals surface area (Å²) in [6.45, 7) is 0. The van der Waals surface area contributed by atoms with Gasteiger partial charge in [-0.25, -0.2) is 0 Å². The van der Waals surface area contributed by atoms with Gasteiger partial charge in [-0.15, -0.1) is 0 Å². The Morgan fingerprint density at radius 3 is 3.12 bits per heavy atom. The van der Waals surface area contributed by atoms with E-state index >= 15 is 0 Å². The predicted octanol–water partition coefficient (Wildman–Crippen LogP) is 3.43. The molecular formula is C13H16ClNO. The average molecular weight is 238 g/mol. The molecule has 1 saturated carbocycles. The van der Waals surface area contributed by atoms with Crippen molar-refractivity contribution in [2.24, 2.45) is 5.92 Å². The molecule has 86 valence electrons. The lowest BCUT2D eigenvalue weighted by Gasteiger charge is -2.13. The van der Waals surface area contributed by atoms with Gasteiger partial charge in [-0.3, -0.25) is 9.78 Å². The number of halogens is 1. The monoisotopic (exact) mass is 237 g/mol. The van der Waals surface area contributed by atoms with Gasteiger partial charge in [0.25, 0.3) is 0 Å². The molecule has 0 amide bonds. The van der Waals surface area contributed by atoms with Crippen LogP contribution in [0.1, 0.15) is 37.7 Å². The number of hydrogen-bond donors (Lipinski definition) is 0. The number of rotatable bonds is 2. The fourth-order valence-corrected chi connectivity index (χ4v) is 2.53. The van der Waals surface area contributed by atoms with E-state index in [9.17, 15) is 4.79 Å². The van der Waals surface area contributed by atoms with Crippen molar-refractivity contribution in [2.75, 3.05) is 0 Å². The molecule has 0 aromatic carbocycles. The Balaban J connectivity index is 2.03. The number of aromatic nitrogens is 1. The maximum Gasteiger partial charge on any atom is 0.133 e. The molecule has 0 N–H and O–H groups in total. The van der Waals surface area contributed by atoms with E-state index in [4.69, 9.17) is 11.6 Å².